The molecule has 2 aromatic rings. The molecule has 2 fully saturated rings. The van der Waals surface area contributed by atoms with Crippen molar-refractivity contribution in [1.82, 2.24) is 0 Å². The number of benzene rings is 2. The second-order valence-electron chi connectivity index (χ2n) is 7.61. The van der Waals surface area contributed by atoms with Gasteiger partial charge in [-0.1, -0.05) is 72.7 Å². The molecule has 0 heterocycles. The van der Waals surface area contributed by atoms with E-state index in [0.717, 1.165) is 25.7 Å². The average molecular weight is 314 g/mol. The molecule has 0 amide bonds. The molecule has 0 aliphatic heterocycles. The monoisotopic (exact) mass is 314 g/mol. The van der Waals surface area contributed by atoms with Crippen LogP contribution in [0.2, 0.25) is 0 Å². The summed E-state index contributed by atoms with van der Waals surface area (Å²) < 4.78 is 0. The average Bonchev–Trinajstić information content (AvgIpc) is 3.06. The summed E-state index contributed by atoms with van der Waals surface area (Å²) in [5, 5.41) is 0. The van der Waals surface area contributed by atoms with E-state index in [0.29, 0.717) is 5.78 Å². The summed E-state index contributed by atoms with van der Waals surface area (Å²) in [5.41, 5.74) is 4.73. The van der Waals surface area contributed by atoms with Crippen LogP contribution in [0, 0.1) is 5.41 Å². The van der Waals surface area contributed by atoms with Crippen molar-refractivity contribution < 1.29 is 4.79 Å². The third-order valence-corrected chi connectivity index (χ3v) is 6.66. The topological polar surface area (TPSA) is 17.1 Å². The highest BCUT2D eigenvalue weighted by molar-refractivity contribution is 6.16. The fourth-order valence-corrected chi connectivity index (χ4v) is 5.71. The first-order chi connectivity index (χ1) is 11.8. The van der Waals surface area contributed by atoms with Crippen LogP contribution in [0.4, 0.5) is 0 Å². The van der Waals surface area contributed by atoms with Crippen molar-refractivity contribution in [3.8, 4) is 0 Å². The van der Waals surface area contributed by atoms with Crippen molar-refractivity contribution in [3.05, 3.63) is 77.4 Å². The third-order valence-electron chi connectivity index (χ3n) is 6.66. The Kier molecular flexibility index (Phi) is 2.92. The number of Topliss-reactive ketones (excluding diaryl/α,β-unsaturated/α-hetero) is 1. The van der Waals surface area contributed by atoms with Gasteiger partial charge in [-0.15, -0.1) is 0 Å². The predicted octanol–water partition coefficient (Wildman–Crippen LogP) is 5.32. The van der Waals surface area contributed by atoms with Gasteiger partial charge in [0.25, 0.3) is 0 Å². The van der Waals surface area contributed by atoms with Crippen LogP contribution < -0.4 is 0 Å². The first-order valence-electron chi connectivity index (χ1n) is 9.19. The molecule has 0 saturated heterocycles. The van der Waals surface area contributed by atoms with Gasteiger partial charge in [0.2, 0.25) is 0 Å². The Morgan fingerprint density at radius 2 is 1.46 bits per heavy atom. The molecule has 1 spiro atoms. The van der Waals surface area contributed by atoms with Crippen LogP contribution in [-0.4, -0.2) is 5.78 Å². The molecule has 2 aromatic carbocycles. The molecule has 2 saturated carbocycles. The van der Waals surface area contributed by atoms with Gasteiger partial charge in [0.1, 0.15) is 0 Å². The highest BCUT2D eigenvalue weighted by Gasteiger charge is 2.66. The van der Waals surface area contributed by atoms with Crippen LogP contribution in [0.3, 0.4) is 0 Å². The number of rotatable bonds is 2. The molecule has 2 atom stereocenters. The lowest BCUT2D eigenvalue weighted by atomic mass is 9.67. The smallest absolute Gasteiger partial charge is 0.157 e. The third kappa shape index (κ3) is 1.58. The van der Waals surface area contributed by atoms with E-state index in [4.69, 9.17) is 0 Å². The maximum absolute atomic E-state index is 13.8. The maximum Gasteiger partial charge on any atom is 0.157 e. The van der Waals surface area contributed by atoms with Crippen molar-refractivity contribution in [2.75, 3.05) is 0 Å². The molecule has 0 radical (unpaired) electrons. The van der Waals surface area contributed by atoms with E-state index < -0.39 is 5.41 Å². The Balaban J connectivity index is 1.83. The molecule has 0 N–H and O–H groups in total. The molecule has 0 unspecified atom stereocenters. The second kappa shape index (κ2) is 4.92. The van der Waals surface area contributed by atoms with Crippen molar-refractivity contribution in [2.45, 2.75) is 43.9 Å². The van der Waals surface area contributed by atoms with Crippen LogP contribution in [0.25, 0.3) is 5.57 Å². The first kappa shape index (κ1) is 14.2. The van der Waals surface area contributed by atoms with E-state index in [-0.39, 0.29) is 5.41 Å². The number of ketones is 1. The SMILES string of the molecule is O=C1[C@@]23CCCCC2=C(c2ccccc2)[C@@]1(c1ccccc1)CC3. The van der Waals surface area contributed by atoms with Crippen molar-refractivity contribution in [3.63, 3.8) is 0 Å². The van der Waals surface area contributed by atoms with Crippen LogP contribution in [0.1, 0.15) is 49.7 Å². The minimum absolute atomic E-state index is 0.154. The predicted molar refractivity (Wildman–Crippen MR) is 96.6 cm³/mol. The number of allylic oxidation sites excluding steroid dienone is 2. The van der Waals surface area contributed by atoms with Crippen molar-refractivity contribution in [2.24, 2.45) is 5.41 Å². The summed E-state index contributed by atoms with van der Waals surface area (Å²) >= 11 is 0. The normalized spacial score (nSPS) is 31.4. The molecule has 120 valence electrons. The van der Waals surface area contributed by atoms with Crippen LogP contribution in [0.5, 0.6) is 0 Å². The Labute approximate surface area is 143 Å². The molecular weight excluding hydrogens is 292 g/mol. The van der Waals surface area contributed by atoms with Gasteiger partial charge < -0.3 is 0 Å². The van der Waals surface area contributed by atoms with Gasteiger partial charge in [0.05, 0.1) is 10.8 Å². The quantitative estimate of drug-likeness (QED) is 0.733. The summed E-state index contributed by atoms with van der Waals surface area (Å²) in [7, 11) is 0. The molecule has 24 heavy (non-hydrogen) atoms. The van der Waals surface area contributed by atoms with E-state index in [2.05, 4.69) is 54.6 Å². The van der Waals surface area contributed by atoms with Gasteiger partial charge >= 0.3 is 0 Å². The standard InChI is InChI=1S/C23H22O/c24-21-22-14-8-7-13-19(22)20(17-9-3-1-4-10-17)23(21,16-15-22)18-11-5-2-6-12-18/h1-6,9-12H,7-8,13-16H2/t22-,23+/m1/s1. The Bertz CT molecular complexity index is 833. The first-order valence-corrected chi connectivity index (χ1v) is 9.19. The van der Waals surface area contributed by atoms with Gasteiger partial charge in [0, 0.05) is 0 Å². The lowest BCUT2D eigenvalue weighted by Gasteiger charge is -2.35. The van der Waals surface area contributed by atoms with E-state index in [1.54, 1.807) is 0 Å². The summed E-state index contributed by atoms with van der Waals surface area (Å²) in [5.74, 6) is 0.495. The molecular formula is C23H22O. The van der Waals surface area contributed by atoms with Gasteiger partial charge in [-0.2, -0.15) is 0 Å². The van der Waals surface area contributed by atoms with E-state index in [9.17, 15) is 4.79 Å². The Hall–Kier alpha value is -2.15. The Morgan fingerprint density at radius 3 is 2.21 bits per heavy atom. The maximum atomic E-state index is 13.8. The summed E-state index contributed by atoms with van der Waals surface area (Å²) in [6.07, 6.45) is 6.61. The zero-order valence-electron chi connectivity index (χ0n) is 13.9. The largest absolute Gasteiger partial charge is 0.297 e. The summed E-state index contributed by atoms with van der Waals surface area (Å²) in [6.45, 7) is 0. The summed E-state index contributed by atoms with van der Waals surface area (Å²) in [6, 6.07) is 21.2. The van der Waals surface area contributed by atoms with Crippen LogP contribution in [-0.2, 0) is 10.2 Å². The number of carbonyl (C=O) groups excluding carboxylic acids is 1. The molecule has 1 nitrogen and oxygen atoms in total. The van der Waals surface area contributed by atoms with Crippen molar-refractivity contribution >= 4 is 11.4 Å². The Morgan fingerprint density at radius 1 is 0.750 bits per heavy atom. The minimum Gasteiger partial charge on any atom is -0.297 e. The summed E-state index contributed by atoms with van der Waals surface area (Å²) in [4.78, 5) is 13.8. The second-order valence-corrected chi connectivity index (χ2v) is 7.61. The van der Waals surface area contributed by atoms with E-state index in [1.165, 1.54) is 35.1 Å². The van der Waals surface area contributed by atoms with Gasteiger partial charge in [-0.25, -0.2) is 0 Å². The highest BCUT2D eigenvalue weighted by Crippen LogP contribution is 2.68. The number of hydrogen-bond donors (Lipinski definition) is 0. The van der Waals surface area contributed by atoms with E-state index >= 15 is 0 Å². The number of hydrogen-bond acceptors (Lipinski definition) is 1. The highest BCUT2D eigenvalue weighted by atomic mass is 16.1. The van der Waals surface area contributed by atoms with Crippen LogP contribution in [0.15, 0.2) is 66.2 Å². The molecule has 3 aliphatic carbocycles. The van der Waals surface area contributed by atoms with Crippen LogP contribution >= 0.6 is 0 Å². The zero-order valence-corrected chi connectivity index (χ0v) is 13.9. The van der Waals surface area contributed by atoms with E-state index in [1.807, 2.05) is 6.07 Å². The fraction of sp³-hybridized carbons (Fsp3) is 0.348. The number of fused-ring (bicyclic) bond motifs is 1. The van der Waals surface area contributed by atoms with Crippen molar-refractivity contribution in [1.29, 1.82) is 0 Å². The molecule has 2 bridgehead atoms. The molecule has 3 aliphatic rings. The lowest BCUT2D eigenvalue weighted by molar-refractivity contribution is -0.126. The number of carbonyl (C=O) groups is 1. The zero-order chi connectivity index (χ0) is 16.2. The fourth-order valence-electron chi connectivity index (χ4n) is 5.71. The lowest BCUT2D eigenvalue weighted by Crippen LogP contribution is -2.34. The van der Waals surface area contributed by atoms with Gasteiger partial charge in [-0.05, 0) is 48.8 Å². The minimum atomic E-state index is -0.401. The molecule has 1 heteroatoms. The molecule has 5 rings (SSSR count). The molecule has 0 aromatic heterocycles. The van der Waals surface area contributed by atoms with Gasteiger partial charge in [0.15, 0.2) is 5.78 Å². The van der Waals surface area contributed by atoms with Gasteiger partial charge in [-0.3, -0.25) is 4.79 Å².